The number of hydrogen-bond acceptors (Lipinski definition) is 4. The Kier molecular flexibility index (Phi) is 5.61. The topological polar surface area (TPSA) is 9.23 Å². The van der Waals surface area contributed by atoms with Gasteiger partial charge >= 0.3 is 0 Å². The van der Waals surface area contributed by atoms with Crippen LogP contribution >= 0.6 is 27.4 Å². The van der Waals surface area contributed by atoms with E-state index in [4.69, 9.17) is 16.3 Å². The molecule has 4 atom stereocenters. The van der Waals surface area contributed by atoms with Crippen LogP contribution in [0.3, 0.4) is 0 Å². The lowest BCUT2D eigenvalue weighted by molar-refractivity contribution is 0.129. The Morgan fingerprint density at radius 1 is 1.19 bits per heavy atom. The Bertz CT molecular complexity index is 804. The van der Waals surface area contributed by atoms with Crippen molar-refractivity contribution in [2.45, 2.75) is 48.9 Å². The van der Waals surface area contributed by atoms with E-state index in [2.05, 4.69) is 6.58 Å². The minimum absolute atomic E-state index is 0.234. The van der Waals surface area contributed by atoms with Crippen LogP contribution < -0.4 is 0 Å². The largest absolute Gasteiger partial charge is 0.329 e. The molecular formula is C16H16F5OPS3. The van der Waals surface area contributed by atoms with Gasteiger partial charge in [0.15, 0.2) is 27.9 Å². The van der Waals surface area contributed by atoms with E-state index in [0.29, 0.717) is 17.8 Å². The highest BCUT2D eigenvalue weighted by Gasteiger charge is 2.53. The third-order valence-electron chi connectivity index (χ3n) is 4.82. The van der Waals surface area contributed by atoms with Gasteiger partial charge in [0.2, 0.25) is 5.82 Å². The molecule has 144 valence electrons. The van der Waals surface area contributed by atoms with Crippen LogP contribution in [0.5, 0.6) is 0 Å². The van der Waals surface area contributed by atoms with Crippen molar-refractivity contribution < 1.29 is 26.5 Å². The molecule has 10 heteroatoms. The first kappa shape index (κ1) is 20.6. The highest BCUT2D eigenvalue weighted by Crippen LogP contribution is 2.82. The van der Waals surface area contributed by atoms with Crippen LogP contribution in [0, 0.1) is 35.0 Å². The third-order valence-corrected chi connectivity index (χ3v) is 13.8. The summed E-state index contributed by atoms with van der Waals surface area (Å²) in [4.78, 5) is -0.962. The van der Waals surface area contributed by atoms with E-state index >= 15 is 0 Å². The summed E-state index contributed by atoms with van der Waals surface area (Å²) in [5.74, 6) is -9.56. The average molecular weight is 446 g/mol. The van der Waals surface area contributed by atoms with E-state index in [-0.39, 0.29) is 16.8 Å². The van der Waals surface area contributed by atoms with E-state index in [1.165, 1.54) is 11.4 Å². The van der Waals surface area contributed by atoms with E-state index in [1.54, 1.807) is 0 Å². The molecule has 2 fully saturated rings. The van der Waals surface area contributed by atoms with Gasteiger partial charge in [0.05, 0.1) is 11.0 Å². The van der Waals surface area contributed by atoms with Crippen molar-refractivity contribution in [3.8, 4) is 0 Å². The lowest BCUT2D eigenvalue weighted by Gasteiger charge is -2.37. The summed E-state index contributed by atoms with van der Waals surface area (Å²) in [5.41, 5.74) is 1.04. The van der Waals surface area contributed by atoms with Gasteiger partial charge in [-0.15, -0.1) is 0 Å². The molecule has 0 aromatic heterocycles. The fourth-order valence-electron chi connectivity index (χ4n) is 3.20. The van der Waals surface area contributed by atoms with Crippen LogP contribution in [0.1, 0.15) is 33.1 Å². The molecule has 2 aliphatic rings. The lowest BCUT2D eigenvalue weighted by atomic mass is 9.77. The van der Waals surface area contributed by atoms with Crippen molar-refractivity contribution in [1.82, 2.24) is 0 Å². The number of halogens is 5. The van der Waals surface area contributed by atoms with Crippen LogP contribution in [0.25, 0.3) is 0 Å². The van der Waals surface area contributed by atoms with Crippen LogP contribution in [0.4, 0.5) is 22.0 Å². The maximum absolute atomic E-state index is 14.0. The molecule has 26 heavy (non-hydrogen) atoms. The van der Waals surface area contributed by atoms with Gasteiger partial charge in [-0.2, -0.15) is 0 Å². The molecule has 0 spiro atoms. The molecule has 3 rings (SSSR count). The molecule has 0 radical (unpaired) electrons. The maximum Gasteiger partial charge on any atom is 0.200 e. The van der Waals surface area contributed by atoms with Crippen LogP contribution in [-0.2, 0) is 16.3 Å². The zero-order valence-electron chi connectivity index (χ0n) is 14.0. The smallest absolute Gasteiger partial charge is 0.200 e. The Morgan fingerprint density at radius 2 is 1.73 bits per heavy atom. The Labute approximate surface area is 161 Å². The molecule has 1 aliphatic carbocycles. The predicted octanol–water partition coefficient (Wildman–Crippen LogP) is 6.97. The standard InChI is InChI=1S/C16H16F5OPS3/c1-7(2)8-4-5-16(3)9(6-8)22-23(24,26-16)25-15-13(20)11(18)10(17)12(19)14(15)21/h8-9H,1,4-6H2,2-3H3/t8-,9+,16+,23-/m1/s1. The molecule has 1 aromatic rings. The molecule has 1 saturated carbocycles. The van der Waals surface area contributed by atoms with Crippen molar-refractivity contribution in [3.05, 3.63) is 41.2 Å². The molecule has 0 amide bonds. The minimum Gasteiger partial charge on any atom is -0.329 e. The van der Waals surface area contributed by atoms with E-state index in [1.807, 2.05) is 13.8 Å². The first-order chi connectivity index (χ1) is 12.0. The zero-order valence-corrected chi connectivity index (χ0v) is 17.3. The van der Waals surface area contributed by atoms with Gasteiger partial charge in [-0.05, 0) is 62.2 Å². The van der Waals surface area contributed by atoms with Crippen molar-refractivity contribution in [3.63, 3.8) is 0 Å². The second-order valence-electron chi connectivity index (χ2n) is 6.75. The van der Waals surface area contributed by atoms with E-state index < -0.39 is 38.7 Å². The van der Waals surface area contributed by atoms with Crippen molar-refractivity contribution in [2.24, 2.45) is 5.92 Å². The molecule has 0 unspecified atom stereocenters. The summed E-state index contributed by atoms with van der Waals surface area (Å²) in [5, 5.41) is 0. The second-order valence-corrected chi connectivity index (χ2v) is 17.4. The van der Waals surface area contributed by atoms with Gasteiger partial charge in [0.1, 0.15) is 0 Å². The maximum atomic E-state index is 14.0. The second kappa shape index (κ2) is 7.07. The normalized spacial score (nSPS) is 34.0. The summed E-state index contributed by atoms with van der Waals surface area (Å²) in [7, 11) is 0. The van der Waals surface area contributed by atoms with Gasteiger partial charge in [-0.1, -0.05) is 23.5 Å². The molecule has 0 N–H and O–H groups in total. The van der Waals surface area contributed by atoms with Crippen LogP contribution in [0.2, 0.25) is 0 Å². The average Bonchev–Trinajstić information content (AvgIpc) is 2.84. The Hall–Kier alpha value is -0.0800. The summed E-state index contributed by atoms with van der Waals surface area (Å²) in [6.45, 7) is 7.88. The molecule has 1 nitrogen and oxygen atoms in total. The minimum atomic E-state index is -2.93. The summed E-state index contributed by atoms with van der Waals surface area (Å²) >= 11 is 7.27. The van der Waals surface area contributed by atoms with Gasteiger partial charge in [-0.25, -0.2) is 22.0 Å². The fourth-order valence-corrected chi connectivity index (χ4v) is 14.9. The fraction of sp³-hybridized carbons (Fsp3) is 0.500. The van der Waals surface area contributed by atoms with Crippen molar-refractivity contribution >= 4 is 39.2 Å². The van der Waals surface area contributed by atoms with Crippen molar-refractivity contribution in [1.29, 1.82) is 0 Å². The van der Waals surface area contributed by atoms with Crippen molar-refractivity contribution in [2.75, 3.05) is 0 Å². The zero-order chi connectivity index (χ0) is 19.4. The molecule has 1 heterocycles. The monoisotopic (exact) mass is 446 g/mol. The molecule has 1 saturated heterocycles. The summed E-state index contributed by atoms with van der Waals surface area (Å²) in [6, 6.07) is 0. The van der Waals surface area contributed by atoms with Crippen LogP contribution in [0.15, 0.2) is 17.0 Å². The number of allylic oxidation sites excluding steroid dienone is 1. The molecular weight excluding hydrogens is 430 g/mol. The lowest BCUT2D eigenvalue weighted by Crippen LogP contribution is -2.39. The number of hydrogen-bond donors (Lipinski definition) is 0. The number of fused-ring (bicyclic) bond motifs is 1. The Balaban J connectivity index is 1.91. The highest BCUT2D eigenvalue weighted by atomic mass is 33.2. The highest BCUT2D eigenvalue weighted by molar-refractivity contribution is 8.99. The van der Waals surface area contributed by atoms with E-state index in [0.717, 1.165) is 18.4 Å². The predicted molar refractivity (Wildman–Crippen MR) is 99.4 cm³/mol. The summed E-state index contributed by atoms with van der Waals surface area (Å²) < 4.78 is 70.9. The van der Waals surface area contributed by atoms with Gasteiger partial charge in [0.25, 0.3) is 0 Å². The first-order valence-electron chi connectivity index (χ1n) is 7.83. The SMILES string of the molecule is C=C(C)[C@@H]1CC[C@]2(C)S[P@](=S)(Sc3c(F)c(F)c(F)c(F)c3F)O[C@H]2C1. The molecule has 1 aromatic carbocycles. The summed E-state index contributed by atoms with van der Waals surface area (Å²) in [6.07, 6.45) is 2.15. The van der Waals surface area contributed by atoms with Gasteiger partial charge in [-0.3, -0.25) is 0 Å². The third kappa shape index (κ3) is 3.50. The Morgan fingerprint density at radius 3 is 2.27 bits per heavy atom. The number of benzene rings is 1. The van der Waals surface area contributed by atoms with Crippen LogP contribution in [-0.4, -0.2) is 10.9 Å². The quantitative estimate of drug-likeness (QED) is 0.163. The molecule has 0 bridgehead atoms. The molecule has 1 aliphatic heterocycles. The van der Waals surface area contributed by atoms with E-state index in [9.17, 15) is 22.0 Å². The number of rotatable bonds is 3. The first-order valence-corrected chi connectivity index (χ1v) is 13.4. The van der Waals surface area contributed by atoms with Gasteiger partial charge < -0.3 is 4.52 Å². The van der Waals surface area contributed by atoms with Gasteiger partial charge in [0, 0.05) is 4.75 Å².